The topological polar surface area (TPSA) is 26.3 Å². The summed E-state index contributed by atoms with van der Waals surface area (Å²) in [6, 6.07) is 21.0. The van der Waals surface area contributed by atoms with Gasteiger partial charge in [0.15, 0.2) is 5.78 Å². The first kappa shape index (κ1) is 22.1. The molecule has 0 bridgehead atoms. The maximum Gasteiger partial charge on any atom is 0.190 e. The number of hydrogen-bond acceptors (Lipinski definition) is 2. The molecule has 0 spiro atoms. The van der Waals surface area contributed by atoms with Crippen LogP contribution in [-0.4, -0.2) is 12.9 Å². The van der Waals surface area contributed by atoms with Crippen molar-refractivity contribution >= 4 is 11.9 Å². The van der Waals surface area contributed by atoms with Gasteiger partial charge >= 0.3 is 0 Å². The van der Waals surface area contributed by atoms with Gasteiger partial charge in [-0.15, -0.1) is 0 Å². The Kier molecular flexibility index (Phi) is 6.41. The molecule has 0 unspecified atom stereocenters. The van der Waals surface area contributed by atoms with Gasteiger partial charge in [0.2, 0.25) is 0 Å². The zero-order valence-corrected chi connectivity index (χ0v) is 17.7. The molecular formula is C28H19F3O2. The zero-order chi connectivity index (χ0) is 23.4. The summed E-state index contributed by atoms with van der Waals surface area (Å²) < 4.78 is 45.7. The molecular weight excluding hydrogens is 425 g/mol. The third-order valence-corrected chi connectivity index (χ3v) is 5.20. The summed E-state index contributed by atoms with van der Waals surface area (Å²) in [7, 11) is 1.46. The molecule has 0 saturated carbocycles. The van der Waals surface area contributed by atoms with Crippen LogP contribution in [0.15, 0.2) is 91.0 Å². The number of allylic oxidation sites excluding steroid dienone is 1. The van der Waals surface area contributed by atoms with Crippen molar-refractivity contribution in [2.45, 2.75) is 0 Å². The Labute approximate surface area is 189 Å². The predicted octanol–water partition coefficient (Wildman–Crippen LogP) is 7.34. The van der Waals surface area contributed by atoms with E-state index in [1.54, 1.807) is 54.6 Å². The number of methoxy groups -OCH3 is 1. The Morgan fingerprint density at radius 3 is 1.76 bits per heavy atom. The van der Waals surface area contributed by atoms with E-state index in [9.17, 15) is 18.0 Å². The number of halogens is 3. The fourth-order valence-corrected chi connectivity index (χ4v) is 3.53. The summed E-state index contributed by atoms with van der Waals surface area (Å²) >= 11 is 0. The Balaban J connectivity index is 1.85. The van der Waals surface area contributed by atoms with E-state index in [1.807, 2.05) is 0 Å². The molecule has 0 atom stereocenters. The lowest BCUT2D eigenvalue weighted by Gasteiger charge is -2.15. The Morgan fingerprint density at radius 1 is 0.697 bits per heavy atom. The smallest absolute Gasteiger partial charge is 0.190 e. The van der Waals surface area contributed by atoms with Gasteiger partial charge in [-0.1, -0.05) is 42.5 Å². The van der Waals surface area contributed by atoms with E-state index in [0.29, 0.717) is 33.6 Å². The third kappa shape index (κ3) is 5.04. The van der Waals surface area contributed by atoms with E-state index in [4.69, 9.17) is 4.74 Å². The minimum absolute atomic E-state index is 0.299. The number of hydrogen-bond donors (Lipinski definition) is 0. The first-order valence-corrected chi connectivity index (χ1v) is 10.2. The molecule has 0 radical (unpaired) electrons. The van der Waals surface area contributed by atoms with E-state index in [0.717, 1.165) is 5.56 Å². The summed E-state index contributed by atoms with van der Waals surface area (Å²) in [5.74, 6) is -1.13. The van der Waals surface area contributed by atoms with E-state index >= 15 is 0 Å². The maximum atomic E-state index is 13.6. The molecule has 4 rings (SSSR count). The molecule has 2 nitrogen and oxygen atoms in total. The molecule has 5 heteroatoms. The van der Waals surface area contributed by atoms with Crippen LogP contribution in [-0.2, 0) is 0 Å². The molecule has 0 aromatic heterocycles. The number of rotatable bonds is 6. The molecule has 0 saturated heterocycles. The number of ether oxygens (including phenoxy) is 1. The Hall–Kier alpha value is -4.12. The second kappa shape index (κ2) is 9.57. The van der Waals surface area contributed by atoms with Crippen molar-refractivity contribution in [2.24, 2.45) is 0 Å². The molecule has 0 fully saturated rings. The molecule has 33 heavy (non-hydrogen) atoms. The molecule has 0 aliphatic carbocycles. The lowest BCUT2D eigenvalue weighted by atomic mass is 9.91. The van der Waals surface area contributed by atoms with Crippen LogP contribution >= 0.6 is 0 Å². The van der Waals surface area contributed by atoms with Gasteiger partial charge in [0.1, 0.15) is 23.2 Å². The minimum atomic E-state index is -0.399. The molecule has 164 valence electrons. The quantitative estimate of drug-likeness (QED) is 0.230. The van der Waals surface area contributed by atoms with Gasteiger partial charge < -0.3 is 4.74 Å². The molecule has 0 aliphatic heterocycles. The SMILES string of the molecule is COc1cc(-c2ccc(F)cc2)cc(-c2ccc(F)cc2)c1C(=O)C=Cc1ccc(F)cc1. The zero-order valence-electron chi connectivity index (χ0n) is 17.7. The molecule has 0 aliphatic rings. The minimum Gasteiger partial charge on any atom is -0.496 e. The van der Waals surface area contributed by atoms with Crippen LogP contribution in [0.4, 0.5) is 13.2 Å². The molecule has 0 N–H and O–H groups in total. The van der Waals surface area contributed by atoms with Gasteiger partial charge in [-0.25, -0.2) is 13.2 Å². The number of ketones is 1. The van der Waals surface area contributed by atoms with Crippen LogP contribution in [0.1, 0.15) is 15.9 Å². The Bertz CT molecular complexity index is 1310. The average molecular weight is 444 g/mol. The molecule has 0 heterocycles. The van der Waals surface area contributed by atoms with E-state index in [1.165, 1.54) is 49.6 Å². The van der Waals surface area contributed by atoms with Gasteiger partial charge in [-0.3, -0.25) is 4.79 Å². The summed E-state index contributed by atoms with van der Waals surface area (Å²) in [6.45, 7) is 0. The van der Waals surface area contributed by atoms with Crippen molar-refractivity contribution in [1.82, 2.24) is 0 Å². The lowest BCUT2D eigenvalue weighted by Crippen LogP contribution is -2.03. The van der Waals surface area contributed by atoms with E-state index < -0.39 is 5.82 Å². The van der Waals surface area contributed by atoms with Gasteiger partial charge in [0.25, 0.3) is 0 Å². The molecule has 4 aromatic rings. The van der Waals surface area contributed by atoms with Crippen molar-refractivity contribution in [3.8, 4) is 28.0 Å². The number of benzene rings is 4. The summed E-state index contributed by atoms with van der Waals surface area (Å²) in [5.41, 5.74) is 3.58. The highest BCUT2D eigenvalue weighted by atomic mass is 19.1. The van der Waals surface area contributed by atoms with Gasteiger partial charge in [0.05, 0.1) is 12.7 Å². The maximum absolute atomic E-state index is 13.6. The van der Waals surface area contributed by atoms with Crippen molar-refractivity contribution in [3.05, 3.63) is 120 Å². The summed E-state index contributed by atoms with van der Waals surface area (Å²) in [5, 5.41) is 0. The van der Waals surface area contributed by atoms with Crippen LogP contribution < -0.4 is 4.74 Å². The molecule has 0 amide bonds. The van der Waals surface area contributed by atoms with E-state index in [-0.39, 0.29) is 17.4 Å². The van der Waals surface area contributed by atoms with Crippen molar-refractivity contribution in [3.63, 3.8) is 0 Å². The summed E-state index contributed by atoms with van der Waals surface area (Å²) in [6.07, 6.45) is 2.97. The first-order valence-electron chi connectivity index (χ1n) is 10.2. The highest BCUT2D eigenvalue weighted by Gasteiger charge is 2.19. The lowest BCUT2D eigenvalue weighted by molar-refractivity contribution is 0.104. The first-order chi connectivity index (χ1) is 15.9. The molecule has 4 aromatic carbocycles. The second-order valence-corrected chi connectivity index (χ2v) is 7.36. The van der Waals surface area contributed by atoms with Crippen molar-refractivity contribution in [2.75, 3.05) is 7.11 Å². The standard InChI is InChI=1S/C28H19F3O2/c1-33-27-17-21(19-5-11-23(30)12-6-19)16-25(20-7-13-24(31)14-8-20)28(27)26(32)15-4-18-2-9-22(29)10-3-18/h2-17H,1H3. The van der Waals surface area contributed by atoms with E-state index in [2.05, 4.69) is 0 Å². The van der Waals surface area contributed by atoms with Crippen molar-refractivity contribution in [1.29, 1.82) is 0 Å². The normalized spacial score (nSPS) is 11.0. The van der Waals surface area contributed by atoms with Crippen LogP contribution in [0.2, 0.25) is 0 Å². The monoisotopic (exact) mass is 444 g/mol. The van der Waals surface area contributed by atoms with Crippen LogP contribution in [0, 0.1) is 17.5 Å². The second-order valence-electron chi connectivity index (χ2n) is 7.36. The summed E-state index contributed by atoms with van der Waals surface area (Å²) in [4.78, 5) is 13.3. The number of carbonyl (C=O) groups excluding carboxylic acids is 1. The van der Waals surface area contributed by atoms with Gasteiger partial charge in [-0.2, -0.15) is 0 Å². The Morgan fingerprint density at radius 2 is 1.21 bits per heavy atom. The van der Waals surface area contributed by atoms with Crippen molar-refractivity contribution < 1.29 is 22.7 Å². The average Bonchev–Trinajstić information content (AvgIpc) is 2.83. The van der Waals surface area contributed by atoms with Crippen LogP contribution in [0.3, 0.4) is 0 Å². The van der Waals surface area contributed by atoms with Crippen LogP contribution in [0.5, 0.6) is 5.75 Å². The third-order valence-electron chi connectivity index (χ3n) is 5.20. The van der Waals surface area contributed by atoms with Crippen LogP contribution in [0.25, 0.3) is 28.3 Å². The van der Waals surface area contributed by atoms with Gasteiger partial charge in [-0.05, 0) is 82.4 Å². The highest BCUT2D eigenvalue weighted by molar-refractivity contribution is 6.13. The largest absolute Gasteiger partial charge is 0.496 e. The van der Waals surface area contributed by atoms with Gasteiger partial charge in [0, 0.05) is 0 Å². The fourth-order valence-electron chi connectivity index (χ4n) is 3.53. The number of carbonyl (C=O) groups is 1. The highest BCUT2D eigenvalue weighted by Crippen LogP contribution is 2.37. The fraction of sp³-hybridized carbons (Fsp3) is 0.0357. The predicted molar refractivity (Wildman–Crippen MR) is 124 cm³/mol.